The van der Waals surface area contributed by atoms with Crippen molar-refractivity contribution in [3.8, 4) is 11.5 Å². The van der Waals surface area contributed by atoms with Crippen LogP contribution in [0, 0.1) is 0 Å². The minimum atomic E-state index is -2.55. The molecule has 0 amide bonds. The summed E-state index contributed by atoms with van der Waals surface area (Å²) >= 11 is 0. The van der Waals surface area contributed by atoms with Gasteiger partial charge in [0.2, 0.25) is 0 Å². The SMILES string of the molecule is COc1ccc(C(O)COCC(F)F)c(OC)c1. The summed E-state index contributed by atoms with van der Waals surface area (Å²) in [5.74, 6) is 0.999. The topological polar surface area (TPSA) is 47.9 Å². The maximum Gasteiger partial charge on any atom is 0.261 e. The van der Waals surface area contributed by atoms with E-state index in [2.05, 4.69) is 4.74 Å². The van der Waals surface area contributed by atoms with Gasteiger partial charge in [-0.2, -0.15) is 0 Å². The highest BCUT2D eigenvalue weighted by atomic mass is 19.3. The van der Waals surface area contributed by atoms with E-state index in [9.17, 15) is 13.9 Å². The van der Waals surface area contributed by atoms with Crippen LogP contribution in [0.4, 0.5) is 8.78 Å². The molecular weight excluding hydrogens is 246 g/mol. The molecule has 0 aliphatic heterocycles. The van der Waals surface area contributed by atoms with Crippen LogP contribution in [0.15, 0.2) is 18.2 Å². The quantitative estimate of drug-likeness (QED) is 0.816. The third-order valence-electron chi connectivity index (χ3n) is 2.32. The maximum atomic E-state index is 11.9. The molecule has 1 unspecified atom stereocenters. The van der Waals surface area contributed by atoms with Crippen LogP contribution in [0.2, 0.25) is 0 Å². The fraction of sp³-hybridized carbons (Fsp3) is 0.500. The van der Waals surface area contributed by atoms with Crippen molar-refractivity contribution < 1.29 is 28.1 Å². The van der Waals surface area contributed by atoms with Gasteiger partial charge in [0, 0.05) is 11.6 Å². The fourth-order valence-corrected chi connectivity index (χ4v) is 1.45. The number of hydrogen-bond donors (Lipinski definition) is 1. The van der Waals surface area contributed by atoms with Crippen molar-refractivity contribution >= 4 is 0 Å². The number of halogens is 2. The van der Waals surface area contributed by atoms with Crippen molar-refractivity contribution in [3.63, 3.8) is 0 Å². The van der Waals surface area contributed by atoms with E-state index in [4.69, 9.17) is 9.47 Å². The Morgan fingerprint density at radius 1 is 1.17 bits per heavy atom. The van der Waals surface area contributed by atoms with Crippen LogP contribution < -0.4 is 9.47 Å². The summed E-state index contributed by atoms with van der Waals surface area (Å²) in [4.78, 5) is 0. The predicted molar refractivity (Wildman–Crippen MR) is 61.3 cm³/mol. The van der Waals surface area contributed by atoms with Crippen molar-refractivity contribution in [2.75, 3.05) is 27.4 Å². The minimum absolute atomic E-state index is 0.215. The van der Waals surface area contributed by atoms with E-state index in [0.29, 0.717) is 17.1 Å². The Hall–Kier alpha value is -1.40. The molecule has 6 heteroatoms. The molecule has 0 spiro atoms. The van der Waals surface area contributed by atoms with Gasteiger partial charge in [-0.1, -0.05) is 0 Å². The highest BCUT2D eigenvalue weighted by Gasteiger charge is 2.15. The summed E-state index contributed by atoms with van der Waals surface area (Å²) in [5.41, 5.74) is 0.465. The summed E-state index contributed by atoms with van der Waals surface area (Å²) < 4.78 is 38.6. The number of aliphatic hydroxyl groups is 1. The summed E-state index contributed by atoms with van der Waals surface area (Å²) in [7, 11) is 2.96. The van der Waals surface area contributed by atoms with Gasteiger partial charge in [0.15, 0.2) is 0 Å². The van der Waals surface area contributed by atoms with Gasteiger partial charge < -0.3 is 19.3 Å². The van der Waals surface area contributed by atoms with Crippen LogP contribution in [-0.2, 0) is 4.74 Å². The first kappa shape index (κ1) is 14.7. The molecule has 0 aromatic heterocycles. The lowest BCUT2D eigenvalue weighted by Crippen LogP contribution is -2.12. The summed E-state index contributed by atoms with van der Waals surface area (Å²) in [6, 6.07) is 4.86. The Labute approximate surface area is 104 Å². The summed E-state index contributed by atoms with van der Waals surface area (Å²) in [5, 5.41) is 9.82. The average molecular weight is 262 g/mol. The first-order chi connectivity index (χ1) is 8.58. The molecule has 1 aromatic rings. The van der Waals surface area contributed by atoms with Gasteiger partial charge in [0.25, 0.3) is 6.43 Å². The van der Waals surface area contributed by atoms with Gasteiger partial charge in [-0.3, -0.25) is 0 Å². The van der Waals surface area contributed by atoms with Crippen molar-refractivity contribution in [2.24, 2.45) is 0 Å². The van der Waals surface area contributed by atoms with Gasteiger partial charge in [-0.25, -0.2) is 8.78 Å². The molecule has 4 nitrogen and oxygen atoms in total. The zero-order chi connectivity index (χ0) is 13.5. The van der Waals surface area contributed by atoms with E-state index in [1.807, 2.05) is 0 Å². The number of hydrogen-bond acceptors (Lipinski definition) is 4. The lowest BCUT2D eigenvalue weighted by Gasteiger charge is -2.15. The Morgan fingerprint density at radius 2 is 1.89 bits per heavy atom. The summed E-state index contributed by atoms with van der Waals surface area (Å²) in [6.07, 6.45) is -3.57. The van der Waals surface area contributed by atoms with E-state index < -0.39 is 19.1 Å². The first-order valence-electron chi connectivity index (χ1n) is 5.34. The second-order valence-electron chi connectivity index (χ2n) is 3.55. The molecule has 0 aliphatic rings. The van der Waals surface area contributed by atoms with Gasteiger partial charge in [0.05, 0.1) is 20.8 Å². The van der Waals surface area contributed by atoms with Crippen molar-refractivity contribution in [1.29, 1.82) is 0 Å². The zero-order valence-electron chi connectivity index (χ0n) is 10.2. The van der Waals surface area contributed by atoms with Gasteiger partial charge >= 0.3 is 0 Å². The predicted octanol–water partition coefficient (Wildman–Crippen LogP) is 2.02. The fourth-order valence-electron chi connectivity index (χ4n) is 1.45. The lowest BCUT2D eigenvalue weighted by atomic mass is 10.1. The Bertz CT molecular complexity index is 371. The third kappa shape index (κ3) is 4.12. The van der Waals surface area contributed by atoms with Crippen LogP contribution in [0.1, 0.15) is 11.7 Å². The number of ether oxygens (including phenoxy) is 3. The number of rotatable bonds is 7. The van der Waals surface area contributed by atoms with Crippen LogP contribution in [0.3, 0.4) is 0 Å². The molecule has 1 atom stereocenters. The standard InChI is InChI=1S/C12H16F2O4/c1-16-8-3-4-9(11(5-8)17-2)10(15)6-18-7-12(13)14/h3-5,10,12,15H,6-7H2,1-2H3. The van der Waals surface area contributed by atoms with E-state index in [1.165, 1.54) is 14.2 Å². The normalized spacial score (nSPS) is 12.6. The molecule has 0 saturated carbocycles. The Balaban J connectivity index is 2.69. The van der Waals surface area contributed by atoms with E-state index in [-0.39, 0.29) is 6.61 Å². The van der Waals surface area contributed by atoms with Crippen LogP contribution in [0.5, 0.6) is 11.5 Å². The molecule has 1 aromatic carbocycles. The maximum absolute atomic E-state index is 11.9. The molecule has 0 aliphatic carbocycles. The average Bonchev–Trinajstić information content (AvgIpc) is 2.37. The van der Waals surface area contributed by atoms with Crippen LogP contribution in [0.25, 0.3) is 0 Å². The second kappa shape index (κ2) is 7.13. The van der Waals surface area contributed by atoms with E-state index in [1.54, 1.807) is 18.2 Å². The van der Waals surface area contributed by atoms with Gasteiger partial charge in [0.1, 0.15) is 24.2 Å². The van der Waals surface area contributed by atoms with Gasteiger partial charge in [-0.15, -0.1) is 0 Å². The number of benzene rings is 1. The molecule has 1 rings (SSSR count). The second-order valence-corrected chi connectivity index (χ2v) is 3.55. The summed E-state index contributed by atoms with van der Waals surface area (Å²) in [6.45, 7) is -0.914. The largest absolute Gasteiger partial charge is 0.497 e. The highest BCUT2D eigenvalue weighted by molar-refractivity contribution is 5.41. The van der Waals surface area contributed by atoms with Crippen molar-refractivity contribution in [2.45, 2.75) is 12.5 Å². The molecule has 0 fully saturated rings. The molecule has 102 valence electrons. The van der Waals surface area contributed by atoms with Crippen molar-refractivity contribution in [1.82, 2.24) is 0 Å². The lowest BCUT2D eigenvalue weighted by molar-refractivity contribution is -0.0209. The number of methoxy groups -OCH3 is 2. The van der Waals surface area contributed by atoms with E-state index >= 15 is 0 Å². The van der Waals surface area contributed by atoms with E-state index in [0.717, 1.165) is 0 Å². The zero-order valence-corrected chi connectivity index (χ0v) is 10.2. The first-order valence-corrected chi connectivity index (χ1v) is 5.34. The third-order valence-corrected chi connectivity index (χ3v) is 2.32. The minimum Gasteiger partial charge on any atom is -0.497 e. The van der Waals surface area contributed by atoms with Crippen LogP contribution in [-0.4, -0.2) is 39.0 Å². The molecule has 0 saturated heterocycles. The number of aliphatic hydroxyl groups excluding tert-OH is 1. The Morgan fingerprint density at radius 3 is 2.44 bits per heavy atom. The molecule has 1 N–H and O–H groups in total. The van der Waals surface area contributed by atoms with Crippen LogP contribution >= 0.6 is 0 Å². The van der Waals surface area contributed by atoms with Crippen molar-refractivity contribution in [3.05, 3.63) is 23.8 Å². The Kier molecular flexibility index (Phi) is 5.80. The molecule has 18 heavy (non-hydrogen) atoms. The molecule has 0 radical (unpaired) electrons. The molecular formula is C12H16F2O4. The smallest absolute Gasteiger partial charge is 0.261 e. The highest BCUT2D eigenvalue weighted by Crippen LogP contribution is 2.29. The monoisotopic (exact) mass is 262 g/mol. The number of alkyl halides is 2. The molecule has 0 bridgehead atoms. The van der Waals surface area contributed by atoms with Gasteiger partial charge in [-0.05, 0) is 12.1 Å². The molecule has 0 heterocycles.